The molecule has 0 aromatic heterocycles. The Morgan fingerprint density at radius 1 is 1.14 bits per heavy atom. The molecule has 1 amide bonds. The van der Waals surface area contributed by atoms with Crippen molar-refractivity contribution in [2.75, 3.05) is 46.4 Å². The van der Waals surface area contributed by atoms with Crippen LogP contribution < -0.4 is 5.32 Å². The number of hydrogen-bond donors (Lipinski definition) is 1. The van der Waals surface area contributed by atoms with Gasteiger partial charge >= 0.3 is 0 Å². The number of ether oxygens (including phenoxy) is 1. The van der Waals surface area contributed by atoms with E-state index in [-0.39, 0.29) is 17.6 Å². The number of likely N-dealkylation sites (N-methyl/N-ethyl adjacent to an activating group) is 1. The number of hydrogen-bond acceptors (Lipinski definition) is 4. The summed E-state index contributed by atoms with van der Waals surface area (Å²) in [5.41, 5.74) is 0.00824. The van der Waals surface area contributed by atoms with Gasteiger partial charge in [-0.2, -0.15) is 0 Å². The minimum atomic E-state index is -0.0845. The molecule has 1 N–H and O–H groups in total. The molecular weight excluding hydrogens is 266 g/mol. The number of rotatable bonds is 5. The van der Waals surface area contributed by atoms with Gasteiger partial charge in [0, 0.05) is 39.8 Å². The third kappa shape index (κ3) is 2.96. The predicted molar refractivity (Wildman–Crippen MR) is 80.0 cm³/mol. The maximum atomic E-state index is 12.1. The van der Waals surface area contributed by atoms with E-state index >= 15 is 0 Å². The first kappa shape index (κ1) is 14.0. The molecule has 1 spiro atoms. The number of likely N-dealkylation sites (tertiary alicyclic amines) is 1. The largest absolute Gasteiger partial charge is 0.369 e. The topological polar surface area (TPSA) is 44.8 Å². The van der Waals surface area contributed by atoms with E-state index in [0.717, 1.165) is 38.0 Å². The molecule has 21 heavy (non-hydrogen) atoms. The zero-order valence-electron chi connectivity index (χ0n) is 13.0. The Morgan fingerprint density at radius 2 is 1.81 bits per heavy atom. The SMILES string of the molecule is CNC(=O)C1COC2(CN(CC3CC3)C2)CN1CC1CC1. The average molecular weight is 293 g/mol. The van der Waals surface area contributed by atoms with Gasteiger partial charge in [0.05, 0.1) is 6.61 Å². The second-order valence-corrected chi connectivity index (χ2v) is 7.61. The summed E-state index contributed by atoms with van der Waals surface area (Å²) in [6.07, 6.45) is 5.49. The number of nitrogens with zero attached hydrogens (tertiary/aromatic N) is 2. The fourth-order valence-corrected chi connectivity index (χ4v) is 3.87. The Balaban J connectivity index is 1.36. The first-order valence-corrected chi connectivity index (χ1v) is 8.49. The van der Waals surface area contributed by atoms with Crippen molar-refractivity contribution in [3.05, 3.63) is 0 Å². The van der Waals surface area contributed by atoms with Crippen molar-refractivity contribution in [3.8, 4) is 0 Å². The van der Waals surface area contributed by atoms with Gasteiger partial charge in [0.2, 0.25) is 5.91 Å². The van der Waals surface area contributed by atoms with Gasteiger partial charge in [0.1, 0.15) is 11.6 Å². The molecule has 1 atom stereocenters. The van der Waals surface area contributed by atoms with Gasteiger partial charge in [-0.15, -0.1) is 0 Å². The van der Waals surface area contributed by atoms with Crippen molar-refractivity contribution < 1.29 is 9.53 Å². The fourth-order valence-electron chi connectivity index (χ4n) is 3.87. The standard InChI is InChI=1S/C16H27N3O2/c1-17-15(20)14-8-21-16(11-19(14)7-13-4-5-13)9-18(10-16)6-12-2-3-12/h12-14H,2-11H2,1H3,(H,17,20). The highest BCUT2D eigenvalue weighted by Gasteiger charge is 2.51. The zero-order valence-corrected chi connectivity index (χ0v) is 13.0. The molecule has 5 heteroatoms. The first-order chi connectivity index (χ1) is 10.2. The van der Waals surface area contributed by atoms with Crippen LogP contribution in [0.1, 0.15) is 25.7 Å². The molecule has 5 nitrogen and oxygen atoms in total. The molecule has 1 unspecified atom stereocenters. The van der Waals surface area contributed by atoms with Crippen LogP contribution in [0.2, 0.25) is 0 Å². The Hall–Kier alpha value is -0.650. The summed E-state index contributed by atoms with van der Waals surface area (Å²) in [5.74, 6) is 1.88. The van der Waals surface area contributed by atoms with Crippen molar-refractivity contribution >= 4 is 5.91 Å². The molecule has 2 aliphatic heterocycles. The predicted octanol–water partition coefficient (Wildman–Crippen LogP) is 0.308. The van der Waals surface area contributed by atoms with Crippen LogP contribution in [0.4, 0.5) is 0 Å². The molecule has 2 saturated heterocycles. The summed E-state index contributed by atoms with van der Waals surface area (Å²) in [7, 11) is 1.72. The van der Waals surface area contributed by atoms with Crippen LogP contribution in [0.5, 0.6) is 0 Å². The number of carbonyl (C=O) groups is 1. The summed E-state index contributed by atoms with van der Waals surface area (Å²) in [4.78, 5) is 17.0. The Kier molecular flexibility index (Phi) is 3.47. The Morgan fingerprint density at radius 3 is 2.43 bits per heavy atom. The lowest BCUT2D eigenvalue weighted by Gasteiger charge is -2.55. The molecule has 0 bridgehead atoms. The highest BCUT2D eigenvalue weighted by atomic mass is 16.5. The zero-order chi connectivity index (χ0) is 14.4. The van der Waals surface area contributed by atoms with E-state index in [1.807, 2.05) is 0 Å². The third-order valence-corrected chi connectivity index (χ3v) is 5.45. The normalized spacial score (nSPS) is 32.9. The number of nitrogens with one attached hydrogen (secondary N) is 1. The van der Waals surface area contributed by atoms with E-state index in [2.05, 4.69) is 15.1 Å². The molecule has 4 fully saturated rings. The van der Waals surface area contributed by atoms with E-state index in [4.69, 9.17) is 4.74 Å². The number of amides is 1. The third-order valence-electron chi connectivity index (χ3n) is 5.45. The Labute approximate surface area is 127 Å². The van der Waals surface area contributed by atoms with Gasteiger partial charge in [0.25, 0.3) is 0 Å². The summed E-state index contributed by atoms with van der Waals surface area (Å²) >= 11 is 0. The van der Waals surface area contributed by atoms with Gasteiger partial charge < -0.3 is 10.1 Å². The van der Waals surface area contributed by atoms with E-state index in [1.165, 1.54) is 32.2 Å². The quantitative estimate of drug-likeness (QED) is 0.792. The van der Waals surface area contributed by atoms with Gasteiger partial charge in [-0.25, -0.2) is 0 Å². The van der Waals surface area contributed by atoms with Crippen LogP contribution in [-0.4, -0.2) is 73.7 Å². The van der Waals surface area contributed by atoms with Gasteiger partial charge in [-0.1, -0.05) is 0 Å². The number of morpholine rings is 1. The molecule has 4 rings (SSSR count). The molecule has 2 saturated carbocycles. The van der Waals surface area contributed by atoms with Crippen LogP contribution in [0, 0.1) is 11.8 Å². The van der Waals surface area contributed by atoms with E-state index in [9.17, 15) is 4.79 Å². The second-order valence-electron chi connectivity index (χ2n) is 7.61. The maximum absolute atomic E-state index is 12.1. The van der Waals surface area contributed by atoms with Crippen molar-refractivity contribution in [1.29, 1.82) is 0 Å². The number of carbonyl (C=O) groups excluding carboxylic acids is 1. The molecule has 2 aliphatic carbocycles. The smallest absolute Gasteiger partial charge is 0.239 e. The maximum Gasteiger partial charge on any atom is 0.239 e. The molecule has 118 valence electrons. The summed E-state index contributed by atoms with van der Waals surface area (Å²) in [6, 6.07) is -0.0845. The van der Waals surface area contributed by atoms with Gasteiger partial charge in [-0.3, -0.25) is 14.6 Å². The Bertz CT molecular complexity index is 414. The minimum absolute atomic E-state index is 0.00824. The molecule has 4 aliphatic rings. The van der Waals surface area contributed by atoms with Crippen molar-refractivity contribution in [2.24, 2.45) is 11.8 Å². The molecule has 2 heterocycles. The second kappa shape index (κ2) is 5.21. The first-order valence-electron chi connectivity index (χ1n) is 8.49. The molecule has 0 aromatic carbocycles. The van der Waals surface area contributed by atoms with Crippen LogP contribution in [0.25, 0.3) is 0 Å². The van der Waals surface area contributed by atoms with Crippen LogP contribution >= 0.6 is 0 Å². The average Bonchev–Trinajstić information content (AvgIpc) is 3.32. The molecular formula is C16H27N3O2. The van der Waals surface area contributed by atoms with E-state index in [1.54, 1.807) is 7.05 Å². The minimum Gasteiger partial charge on any atom is -0.369 e. The molecule has 0 aromatic rings. The van der Waals surface area contributed by atoms with Crippen molar-refractivity contribution in [2.45, 2.75) is 37.3 Å². The van der Waals surface area contributed by atoms with Crippen LogP contribution in [0.3, 0.4) is 0 Å². The fraction of sp³-hybridized carbons (Fsp3) is 0.938. The summed E-state index contributed by atoms with van der Waals surface area (Å²) in [6.45, 7) is 5.95. The molecule has 0 radical (unpaired) electrons. The lowest BCUT2D eigenvalue weighted by atomic mass is 9.90. The monoisotopic (exact) mass is 293 g/mol. The van der Waals surface area contributed by atoms with Crippen molar-refractivity contribution in [1.82, 2.24) is 15.1 Å². The lowest BCUT2D eigenvalue weighted by molar-refractivity contribution is -0.201. The van der Waals surface area contributed by atoms with Crippen LogP contribution in [-0.2, 0) is 9.53 Å². The van der Waals surface area contributed by atoms with Crippen molar-refractivity contribution in [3.63, 3.8) is 0 Å². The van der Waals surface area contributed by atoms with Crippen LogP contribution in [0.15, 0.2) is 0 Å². The van der Waals surface area contributed by atoms with Gasteiger partial charge in [0.15, 0.2) is 0 Å². The summed E-state index contributed by atoms with van der Waals surface area (Å²) in [5, 5.41) is 2.79. The summed E-state index contributed by atoms with van der Waals surface area (Å²) < 4.78 is 6.16. The highest BCUT2D eigenvalue weighted by Crippen LogP contribution is 2.38. The highest BCUT2D eigenvalue weighted by molar-refractivity contribution is 5.81. The van der Waals surface area contributed by atoms with E-state index < -0.39 is 0 Å². The van der Waals surface area contributed by atoms with Gasteiger partial charge in [-0.05, 0) is 37.5 Å². The van der Waals surface area contributed by atoms with E-state index in [0.29, 0.717) is 6.61 Å². The lowest BCUT2D eigenvalue weighted by Crippen LogP contribution is -2.73.